The van der Waals surface area contributed by atoms with E-state index in [4.69, 9.17) is 19.1 Å². The number of hydrogen-bond donors (Lipinski definition) is 2. The van der Waals surface area contributed by atoms with Crippen LogP contribution in [0.25, 0.3) is 0 Å². The van der Waals surface area contributed by atoms with Gasteiger partial charge in [0.25, 0.3) is 0 Å². The van der Waals surface area contributed by atoms with Crippen molar-refractivity contribution in [1.29, 1.82) is 0 Å². The third-order valence-corrected chi connectivity index (χ3v) is 7.07. The van der Waals surface area contributed by atoms with E-state index in [1.54, 1.807) is 14.2 Å². The molecule has 0 radical (unpaired) electrons. The highest BCUT2D eigenvalue weighted by Gasteiger charge is 2.47. The van der Waals surface area contributed by atoms with Crippen molar-refractivity contribution in [3.8, 4) is 0 Å². The summed E-state index contributed by atoms with van der Waals surface area (Å²) in [5.41, 5.74) is -0.0370. The fraction of sp³-hybridized carbons (Fsp3) is 1.00. The van der Waals surface area contributed by atoms with Gasteiger partial charge in [0.2, 0.25) is 0 Å². The van der Waals surface area contributed by atoms with Gasteiger partial charge in [0.1, 0.15) is 0 Å². The lowest BCUT2D eigenvalue weighted by Gasteiger charge is -2.53. The van der Waals surface area contributed by atoms with Crippen LogP contribution in [-0.2, 0) is 19.1 Å². The van der Waals surface area contributed by atoms with E-state index in [0.29, 0.717) is 38.6 Å². The summed E-state index contributed by atoms with van der Waals surface area (Å²) in [5, 5.41) is 11.5. The largest absolute Gasteiger partial charge is 0.378 e. The van der Waals surface area contributed by atoms with E-state index < -0.39 is 0 Å². The van der Waals surface area contributed by atoms with Crippen molar-refractivity contribution in [2.45, 2.75) is 115 Å². The Morgan fingerprint density at radius 3 is 1.42 bits per heavy atom. The number of nitrogens with zero attached hydrogens (tertiary/aromatic N) is 2. The summed E-state index contributed by atoms with van der Waals surface area (Å²) >= 11 is 0. The Morgan fingerprint density at radius 1 is 0.606 bits per heavy atom. The van der Waals surface area contributed by atoms with Gasteiger partial charge in [0, 0.05) is 40.8 Å². The SMILES string of the molecule is CON1C(C)(C)CC(NCCOCCOCNC2CC(C)(C)N(OC)C(C)(C)C2)CC1(C)C. The Morgan fingerprint density at radius 2 is 1.00 bits per heavy atom. The molecule has 2 aliphatic rings. The molecule has 8 heteroatoms. The first-order chi connectivity index (χ1) is 15.2. The number of hydroxylamine groups is 4. The fourth-order valence-corrected chi connectivity index (χ4v) is 6.61. The standard InChI is InChI=1S/C25H52N4O4/c1-22(2)15-20(16-23(3,4)28(22)30-9)26-11-12-32-13-14-33-19-27-21-17-24(5,6)29(31-10)25(7,8)18-21/h20-21,26-27H,11-19H2,1-10H3. The predicted octanol–water partition coefficient (Wildman–Crippen LogP) is 3.32. The van der Waals surface area contributed by atoms with E-state index in [9.17, 15) is 0 Å². The second kappa shape index (κ2) is 11.6. The van der Waals surface area contributed by atoms with Crippen LogP contribution in [0.1, 0.15) is 81.1 Å². The lowest BCUT2D eigenvalue weighted by atomic mass is 9.79. The molecular formula is C25H52N4O4. The lowest BCUT2D eigenvalue weighted by Crippen LogP contribution is -2.63. The zero-order valence-corrected chi connectivity index (χ0v) is 23.0. The molecule has 0 atom stereocenters. The van der Waals surface area contributed by atoms with Crippen LogP contribution >= 0.6 is 0 Å². The predicted molar refractivity (Wildman–Crippen MR) is 133 cm³/mol. The van der Waals surface area contributed by atoms with Crippen LogP contribution in [0.2, 0.25) is 0 Å². The van der Waals surface area contributed by atoms with Gasteiger partial charge in [0.05, 0.1) is 40.8 Å². The van der Waals surface area contributed by atoms with Crippen LogP contribution in [0, 0.1) is 0 Å². The molecular weight excluding hydrogens is 420 g/mol. The first-order valence-electron chi connectivity index (χ1n) is 12.6. The molecule has 2 aliphatic heterocycles. The van der Waals surface area contributed by atoms with Crippen molar-refractivity contribution in [2.24, 2.45) is 0 Å². The molecule has 0 aromatic carbocycles. The maximum absolute atomic E-state index is 5.78. The highest BCUT2D eigenvalue weighted by Crippen LogP contribution is 2.39. The van der Waals surface area contributed by atoms with Crippen LogP contribution in [0.5, 0.6) is 0 Å². The second-order valence-electron chi connectivity index (χ2n) is 12.2. The third-order valence-electron chi connectivity index (χ3n) is 7.07. The Kier molecular flexibility index (Phi) is 10.2. The minimum Gasteiger partial charge on any atom is -0.378 e. The van der Waals surface area contributed by atoms with Gasteiger partial charge in [-0.1, -0.05) is 0 Å². The molecule has 33 heavy (non-hydrogen) atoms. The van der Waals surface area contributed by atoms with Gasteiger partial charge in [-0.3, -0.25) is 5.32 Å². The first kappa shape index (κ1) is 28.9. The van der Waals surface area contributed by atoms with Crippen molar-refractivity contribution in [2.75, 3.05) is 47.3 Å². The van der Waals surface area contributed by atoms with E-state index in [1.165, 1.54) is 0 Å². The minimum absolute atomic E-state index is 0.000471. The zero-order valence-electron chi connectivity index (χ0n) is 23.0. The molecule has 8 nitrogen and oxygen atoms in total. The van der Waals surface area contributed by atoms with Gasteiger partial charge in [-0.2, -0.15) is 10.1 Å². The number of nitrogens with one attached hydrogen (secondary N) is 2. The van der Waals surface area contributed by atoms with Crippen molar-refractivity contribution >= 4 is 0 Å². The Labute approximate surface area is 202 Å². The van der Waals surface area contributed by atoms with Crippen LogP contribution in [0.3, 0.4) is 0 Å². The highest BCUT2D eigenvalue weighted by atomic mass is 16.7. The van der Waals surface area contributed by atoms with E-state index in [-0.39, 0.29) is 22.2 Å². The second-order valence-corrected chi connectivity index (χ2v) is 12.2. The minimum atomic E-state index is -0.0190. The molecule has 0 bridgehead atoms. The molecule has 2 fully saturated rings. The summed E-state index contributed by atoms with van der Waals surface area (Å²) in [6.45, 7) is 21.2. The van der Waals surface area contributed by atoms with Crippen LogP contribution in [0.4, 0.5) is 0 Å². The average molecular weight is 473 g/mol. The summed E-state index contributed by atoms with van der Waals surface area (Å²) in [4.78, 5) is 11.4. The number of rotatable bonds is 12. The summed E-state index contributed by atoms with van der Waals surface area (Å²) in [7, 11) is 3.54. The van der Waals surface area contributed by atoms with Crippen molar-refractivity contribution < 1.29 is 19.1 Å². The summed E-state index contributed by atoms with van der Waals surface area (Å²) in [6.07, 6.45) is 4.14. The first-order valence-corrected chi connectivity index (χ1v) is 12.6. The molecule has 0 spiro atoms. The number of piperidine rings is 2. The molecule has 0 aromatic rings. The summed E-state index contributed by atoms with van der Waals surface area (Å²) < 4.78 is 11.6. The highest BCUT2D eigenvalue weighted by molar-refractivity contribution is 5.00. The molecule has 0 unspecified atom stereocenters. The monoisotopic (exact) mass is 472 g/mol. The molecule has 0 aliphatic carbocycles. The number of hydrogen-bond acceptors (Lipinski definition) is 8. The molecule has 0 aromatic heterocycles. The van der Waals surface area contributed by atoms with E-state index in [1.807, 2.05) is 0 Å². The van der Waals surface area contributed by atoms with Gasteiger partial charge in [-0.05, 0) is 81.1 Å². The molecule has 2 heterocycles. The number of ether oxygens (including phenoxy) is 2. The topological polar surface area (TPSA) is 67.5 Å². The molecule has 0 saturated carbocycles. The maximum atomic E-state index is 5.78. The van der Waals surface area contributed by atoms with Gasteiger partial charge in [-0.25, -0.2) is 0 Å². The van der Waals surface area contributed by atoms with Crippen molar-refractivity contribution in [3.63, 3.8) is 0 Å². The van der Waals surface area contributed by atoms with Gasteiger partial charge in [0.15, 0.2) is 0 Å². The molecule has 196 valence electrons. The molecule has 2 rings (SSSR count). The van der Waals surface area contributed by atoms with Crippen LogP contribution in [-0.4, -0.2) is 91.7 Å². The normalized spacial score (nSPS) is 26.0. The zero-order chi connectivity index (χ0) is 24.9. The van der Waals surface area contributed by atoms with Crippen LogP contribution < -0.4 is 10.6 Å². The van der Waals surface area contributed by atoms with Crippen LogP contribution in [0.15, 0.2) is 0 Å². The van der Waals surface area contributed by atoms with E-state index >= 15 is 0 Å². The van der Waals surface area contributed by atoms with Gasteiger partial charge < -0.3 is 24.5 Å². The maximum Gasteiger partial charge on any atom is 0.0968 e. The van der Waals surface area contributed by atoms with Crippen molar-refractivity contribution in [1.82, 2.24) is 20.8 Å². The molecule has 0 amide bonds. The molecule has 2 N–H and O–H groups in total. The van der Waals surface area contributed by atoms with Crippen molar-refractivity contribution in [3.05, 3.63) is 0 Å². The van der Waals surface area contributed by atoms with E-state index in [2.05, 4.69) is 76.1 Å². The Hall–Kier alpha value is -0.320. The molecule has 2 saturated heterocycles. The fourth-order valence-electron chi connectivity index (χ4n) is 6.61. The summed E-state index contributed by atoms with van der Waals surface area (Å²) in [5.74, 6) is 0. The Balaban J connectivity index is 1.57. The summed E-state index contributed by atoms with van der Waals surface area (Å²) in [6, 6.07) is 0.869. The smallest absolute Gasteiger partial charge is 0.0968 e. The quantitative estimate of drug-likeness (QED) is 0.331. The van der Waals surface area contributed by atoms with Gasteiger partial charge >= 0.3 is 0 Å². The third kappa shape index (κ3) is 7.84. The average Bonchev–Trinajstić information content (AvgIpc) is 2.63. The van der Waals surface area contributed by atoms with E-state index in [0.717, 1.165) is 32.2 Å². The lowest BCUT2D eigenvalue weighted by molar-refractivity contribution is -0.268. The van der Waals surface area contributed by atoms with Gasteiger partial charge in [-0.15, -0.1) is 0 Å². The Bertz CT molecular complexity index is 511.